The summed E-state index contributed by atoms with van der Waals surface area (Å²) in [4.78, 5) is 0. The molecule has 0 heterocycles. The Morgan fingerprint density at radius 2 is 2.00 bits per heavy atom. The van der Waals surface area contributed by atoms with E-state index in [2.05, 4.69) is 30.4 Å². The Kier molecular flexibility index (Phi) is 4.07. The fourth-order valence-corrected chi connectivity index (χ4v) is 3.13. The van der Waals surface area contributed by atoms with E-state index in [-0.39, 0.29) is 0 Å². The monoisotopic (exact) mass is 301 g/mol. The molecule has 1 N–H and O–H groups in total. The van der Waals surface area contributed by atoms with Crippen LogP contribution in [0.3, 0.4) is 0 Å². The molecule has 0 fully saturated rings. The molecule has 0 spiro atoms. The van der Waals surface area contributed by atoms with Crippen molar-refractivity contribution in [3.05, 3.63) is 58.1 Å². The van der Waals surface area contributed by atoms with E-state index in [4.69, 9.17) is 16.3 Å². The number of methoxy groups -OCH3 is 1. The molecule has 1 unspecified atom stereocenters. The Balaban J connectivity index is 1.78. The average molecular weight is 302 g/mol. The molecule has 110 valence electrons. The van der Waals surface area contributed by atoms with Crippen LogP contribution in [0.25, 0.3) is 0 Å². The first kappa shape index (κ1) is 14.3. The lowest BCUT2D eigenvalue weighted by atomic mass is 9.88. The van der Waals surface area contributed by atoms with Gasteiger partial charge in [-0.25, -0.2) is 0 Å². The number of benzene rings is 2. The summed E-state index contributed by atoms with van der Waals surface area (Å²) >= 11 is 6.10. The quantitative estimate of drug-likeness (QED) is 0.892. The van der Waals surface area contributed by atoms with Crippen LogP contribution >= 0.6 is 11.6 Å². The molecule has 0 saturated heterocycles. The summed E-state index contributed by atoms with van der Waals surface area (Å²) in [5, 5.41) is 4.42. The lowest BCUT2D eigenvalue weighted by molar-refractivity contribution is 0.413. The third-order valence-electron chi connectivity index (χ3n) is 4.20. The van der Waals surface area contributed by atoms with Crippen LogP contribution < -0.4 is 10.1 Å². The molecule has 0 radical (unpaired) electrons. The molecule has 21 heavy (non-hydrogen) atoms. The number of anilines is 1. The zero-order chi connectivity index (χ0) is 14.8. The number of ether oxygens (including phenoxy) is 1. The molecule has 1 aliphatic rings. The van der Waals surface area contributed by atoms with Crippen molar-refractivity contribution < 1.29 is 4.74 Å². The van der Waals surface area contributed by atoms with Gasteiger partial charge in [0.25, 0.3) is 0 Å². The van der Waals surface area contributed by atoms with Gasteiger partial charge in [-0.05, 0) is 67.1 Å². The minimum absolute atomic E-state index is 0.446. The first-order chi connectivity index (χ1) is 10.2. The van der Waals surface area contributed by atoms with Crippen LogP contribution in [0.2, 0.25) is 5.02 Å². The van der Waals surface area contributed by atoms with Crippen LogP contribution in [-0.2, 0) is 12.8 Å². The van der Waals surface area contributed by atoms with Gasteiger partial charge in [0.2, 0.25) is 0 Å². The fourth-order valence-electron chi connectivity index (χ4n) is 2.95. The fraction of sp³-hybridized carbons (Fsp3) is 0.333. The van der Waals surface area contributed by atoms with Gasteiger partial charge in [0.15, 0.2) is 0 Å². The van der Waals surface area contributed by atoms with Crippen LogP contribution in [0.15, 0.2) is 36.4 Å². The van der Waals surface area contributed by atoms with Gasteiger partial charge < -0.3 is 10.1 Å². The summed E-state index contributed by atoms with van der Waals surface area (Å²) < 4.78 is 5.33. The number of nitrogens with one attached hydrogen (secondary N) is 1. The van der Waals surface area contributed by atoms with E-state index in [0.29, 0.717) is 6.04 Å². The maximum Gasteiger partial charge on any atom is 0.119 e. The van der Waals surface area contributed by atoms with Crippen molar-refractivity contribution in [1.82, 2.24) is 0 Å². The van der Waals surface area contributed by atoms with Crippen LogP contribution in [0.5, 0.6) is 5.75 Å². The number of rotatable bonds is 3. The molecule has 0 bridgehead atoms. The third kappa shape index (κ3) is 3.16. The van der Waals surface area contributed by atoms with E-state index in [9.17, 15) is 0 Å². The van der Waals surface area contributed by atoms with Crippen molar-refractivity contribution in [2.24, 2.45) is 0 Å². The highest BCUT2D eigenvalue weighted by Crippen LogP contribution is 2.28. The van der Waals surface area contributed by atoms with Gasteiger partial charge in [-0.15, -0.1) is 0 Å². The van der Waals surface area contributed by atoms with Crippen LogP contribution in [-0.4, -0.2) is 13.2 Å². The number of halogens is 1. The lowest BCUT2D eigenvalue weighted by Gasteiger charge is -2.27. The molecule has 1 aliphatic carbocycles. The van der Waals surface area contributed by atoms with E-state index in [1.165, 1.54) is 16.7 Å². The van der Waals surface area contributed by atoms with Crippen molar-refractivity contribution in [3.8, 4) is 5.75 Å². The Labute approximate surface area is 131 Å². The smallest absolute Gasteiger partial charge is 0.119 e. The summed E-state index contributed by atoms with van der Waals surface area (Å²) in [6.45, 7) is 2.11. The first-order valence-electron chi connectivity index (χ1n) is 7.34. The van der Waals surface area contributed by atoms with E-state index in [0.717, 1.165) is 35.7 Å². The Morgan fingerprint density at radius 1 is 1.14 bits per heavy atom. The molecule has 3 heteroatoms. The zero-order valence-corrected chi connectivity index (χ0v) is 13.2. The Morgan fingerprint density at radius 3 is 2.81 bits per heavy atom. The van der Waals surface area contributed by atoms with Gasteiger partial charge in [-0.3, -0.25) is 0 Å². The van der Waals surface area contributed by atoms with E-state index < -0.39 is 0 Å². The molecule has 0 aliphatic heterocycles. The van der Waals surface area contributed by atoms with Crippen LogP contribution in [0.1, 0.15) is 23.1 Å². The summed E-state index contributed by atoms with van der Waals surface area (Å²) in [5.74, 6) is 0.938. The zero-order valence-electron chi connectivity index (χ0n) is 12.4. The number of hydrogen-bond donors (Lipinski definition) is 1. The van der Waals surface area contributed by atoms with Crippen LogP contribution in [0, 0.1) is 6.92 Å². The summed E-state index contributed by atoms with van der Waals surface area (Å²) in [6.07, 6.45) is 3.28. The third-order valence-corrected chi connectivity index (χ3v) is 4.44. The Hall–Kier alpha value is -1.67. The van der Waals surface area contributed by atoms with E-state index in [1.54, 1.807) is 7.11 Å². The van der Waals surface area contributed by atoms with Crippen molar-refractivity contribution in [3.63, 3.8) is 0 Å². The van der Waals surface area contributed by atoms with Gasteiger partial charge in [0.1, 0.15) is 5.75 Å². The second-order valence-electron chi connectivity index (χ2n) is 5.68. The largest absolute Gasteiger partial charge is 0.497 e. The van der Waals surface area contributed by atoms with E-state index in [1.807, 2.05) is 18.2 Å². The molecule has 2 nitrogen and oxygen atoms in total. The normalized spacial score (nSPS) is 17.2. The molecular formula is C18H20ClNO. The number of aryl methyl sites for hydroxylation is 2. The van der Waals surface area contributed by atoms with Crippen LogP contribution in [0.4, 0.5) is 5.69 Å². The van der Waals surface area contributed by atoms with Gasteiger partial charge in [-0.1, -0.05) is 23.7 Å². The number of fused-ring (bicyclic) bond motifs is 1. The van der Waals surface area contributed by atoms with Crippen molar-refractivity contribution >= 4 is 17.3 Å². The van der Waals surface area contributed by atoms with Crippen molar-refractivity contribution in [2.75, 3.05) is 12.4 Å². The van der Waals surface area contributed by atoms with Crippen molar-refractivity contribution in [1.29, 1.82) is 0 Å². The highest BCUT2D eigenvalue weighted by Gasteiger charge is 2.19. The molecule has 0 amide bonds. The SMILES string of the molecule is COc1ccc2c(c1)CC(Nc1cc(Cl)ccc1C)CC2. The summed E-state index contributed by atoms with van der Waals surface area (Å²) in [6, 6.07) is 12.9. The minimum atomic E-state index is 0.446. The first-order valence-corrected chi connectivity index (χ1v) is 7.72. The molecule has 2 aromatic rings. The maximum absolute atomic E-state index is 6.10. The molecule has 3 rings (SSSR count). The number of hydrogen-bond acceptors (Lipinski definition) is 2. The lowest BCUT2D eigenvalue weighted by Crippen LogP contribution is -2.27. The maximum atomic E-state index is 6.10. The molecular weight excluding hydrogens is 282 g/mol. The van der Waals surface area contributed by atoms with Crippen molar-refractivity contribution in [2.45, 2.75) is 32.2 Å². The van der Waals surface area contributed by atoms with Gasteiger partial charge in [-0.2, -0.15) is 0 Å². The topological polar surface area (TPSA) is 21.3 Å². The molecule has 0 saturated carbocycles. The predicted octanol–water partition coefficient (Wildman–Crippen LogP) is 4.63. The second-order valence-corrected chi connectivity index (χ2v) is 6.11. The highest BCUT2D eigenvalue weighted by molar-refractivity contribution is 6.30. The molecule has 1 atom stereocenters. The highest BCUT2D eigenvalue weighted by atomic mass is 35.5. The summed E-state index contributed by atoms with van der Waals surface area (Å²) in [7, 11) is 1.72. The average Bonchev–Trinajstić information content (AvgIpc) is 2.50. The Bertz CT molecular complexity index is 654. The molecule has 0 aromatic heterocycles. The predicted molar refractivity (Wildman–Crippen MR) is 88.6 cm³/mol. The molecule has 2 aromatic carbocycles. The standard InChI is InChI=1S/C18H20ClNO/c1-12-3-6-15(19)11-18(12)20-16-7-4-13-5-8-17(21-2)10-14(13)9-16/h3,5-6,8,10-11,16,20H,4,7,9H2,1-2H3. The minimum Gasteiger partial charge on any atom is -0.497 e. The van der Waals surface area contributed by atoms with Gasteiger partial charge in [0, 0.05) is 16.8 Å². The van der Waals surface area contributed by atoms with Gasteiger partial charge in [0.05, 0.1) is 7.11 Å². The van der Waals surface area contributed by atoms with Gasteiger partial charge >= 0.3 is 0 Å². The second kappa shape index (κ2) is 5.98. The van der Waals surface area contributed by atoms with E-state index >= 15 is 0 Å². The summed E-state index contributed by atoms with van der Waals surface area (Å²) in [5.41, 5.74) is 5.20.